The summed E-state index contributed by atoms with van der Waals surface area (Å²) >= 11 is 0. The average molecular weight is 449 g/mol. The topological polar surface area (TPSA) is 93.2 Å². The Bertz CT molecular complexity index is 695. The quantitative estimate of drug-likeness (QED) is 0.271. The Hall–Kier alpha value is -2.32. The number of carbonyl (C=O) groups excluding carboxylic acids is 1. The molecule has 32 heavy (non-hydrogen) atoms. The summed E-state index contributed by atoms with van der Waals surface area (Å²) in [6, 6.07) is 7.78. The minimum Gasteiger partial charge on any atom is -0.444 e. The lowest BCUT2D eigenvalue weighted by molar-refractivity contribution is 0.0171. The third-order valence-electron chi connectivity index (χ3n) is 4.69. The number of guanidine groups is 1. The summed E-state index contributed by atoms with van der Waals surface area (Å²) in [5, 5.41) is 9.38. The van der Waals surface area contributed by atoms with Crippen LogP contribution in [0.2, 0.25) is 0 Å². The van der Waals surface area contributed by atoms with E-state index in [1.807, 2.05) is 45.0 Å². The summed E-state index contributed by atoms with van der Waals surface area (Å²) in [4.78, 5) is 16.5. The van der Waals surface area contributed by atoms with Gasteiger partial charge < -0.3 is 24.8 Å². The van der Waals surface area contributed by atoms with Crippen molar-refractivity contribution in [3.8, 4) is 0 Å². The minimum atomic E-state index is -0.515. The first kappa shape index (κ1) is 25.9. The molecule has 0 radical (unpaired) electrons. The van der Waals surface area contributed by atoms with Crippen molar-refractivity contribution in [3.63, 3.8) is 0 Å². The Morgan fingerprint density at radius 1 is 1.22 bits per heavy atom. The van der Waals surface area contributed by atoms with E-state index in [1.165, 1.54) is 5.56 Å². The van der Waals surface area contributed by atoms with Crippen LogP contribution < -0.4 is 16.0 Å². The highest BCUT2D eigenvalue weighted by Gasteiger charge is 2.16. The lowest BCUT2D eigenvalue weighted by atomic mass is 10.1. The van der Waals surface area contributed by atoms with Gasteiger partial charge in [0.1, 0.15) is 5.60 Å². The van der Waals surface area contributed by atoms with E-state index < -0.39 is 11.7 Å². The molecule has 1 unspecified atom stereocenters. The summed E-state index contributed by atoms with van der Waals surface area (Å²) in [6.45, 7) is 12.1. The molecule has 8 nitrogen and oxygen atoms in total. The first-order valence-electron chi connectivity index (χ1n) is 11.7. The third kappa shape index (κ3) is 11.3. The molecule has 1 fully saturated rings. The molecule has 0 aromatic heterocycles. The van der Waals surface area contributed by atoms with Crippen molar-refractivity contribution in [3.05, 3.63) is 29.8 Å². The van der Waals surface area contributed by atoms with Gasteiger partial charge in [0.25, 0.3) is 0 Å². The molecule has 0 aliphatic carbocycles. The van der Waals surface area contributed by atoms with Gasteiger partial charge in [-0.1, -0.05) is 12.1 Å². The van der Waals surface area contributed by atoms with Crippen molar-refractivity contribution < 1.29 is 19.0 Å². The van der Waals surface area contributed by atoms with Crippen LogP contribution in [-0.2, 0) is 20.6 Å². The Morgan fingerprint density at radius 3 is 2.66 bits per heavy atom. The zero-order valence-electron chi connectivity index (χ0n) is 20.0. The number of ether oxygens (including phenoxy) is 3. The summed E-state index contributed by atoms with van der Waals surface area (Å²) < 4.78 is 16.5. The molecule has 1 aliphatic heterocycles. The number of carbonyl (C=O) groups is 1. The number of hydrogen-bond acceptors (Lipinski definition) is 5. The van der Waals surface area contributed by atoms with E-state index >= 15 is 0 Å². The molecule has 180 valence electrons. The molecule has 0 saturated carbocycles. The predicted molar refractivity (Wildman–Crippen MR) is 128 cm³/mol. The molecule has 1 aromatic carbocycles. The van der Waals surface area contributed by atoms with Gasteiger partial charge in [-0.2, -0.15) is 0 Å². The fourth-order valence-corrected chi connectivity index (χ4v) is 3.19. The van der Waals surface area contributed by atoms with E-state index in [1.54, 1.807) is 0 Å². The van der Waals surface area contributed by atoms with Crippen molar-refractivity contribution in [2.75, 3.05) is 44.8 Å². The van der Waals surface area contributed by atoms with Crippen LogP contribution in [0.3, 0.4) is 0 Å². The number of benzene rings is 1. The van der Waals surface area contributed by atoms with Crippen molar-refractivity contribution in [2.24, 2.45) is 4.99 Å². The van der Waals surface area contributed by atoms with E-state index in [0.29, 0.717) is 25.4 Å². The number of aliphatic imine (C=N–C) groups is 1. The van der Waals surface area contributed by atoms with Crippen LogP contribution in [0.4, 0.5) is 10.5 Å². The molecule has 1 atom stereocenters. The van der Waals surface area contributed by atoms with Gasteiger partial charge in [0.2, 0.25) is 0 Å². The van der Waals surface area contributed by atoms with E-state index in [0.717, 1.165) is 51.3 Å². The predicted octanol–water partition coefficient (Wildman–Crippen LogP) is 3.72. The summed E-state index contributed by atoms with van der Waals surface area (Å²) in [5.41, 5.74) is 1.37. The fraction of sp³-hybridized carbons (Fsp3) is 0.667. The Balaban J connectivity index is 1.65. The highest BCUT2D eigenvalue weighted by Crippen LogP contribution is 2.13. The third-order valence-corrected chi connectivity index (χ3v) is 4.69. The summed E-state index contributed by atoms with van der Waals surface area (Å²) in [6.07, 6.45) is 3.81. The molecule has 0 spiro atoms. The fourth-order valence-electron chi connectivity index (χ4n) is 3.19. The lowest BCUT2D eigenvalue weighted by Gasteiger charge is -2.19. The van der Waals surface area contributed by atoms with Crippen molar-refractivity contribution in [1.29, 1.82) is 0 Å². The highest BCUT2D eigenvalue weighted by atomic mass is 16.6. The molecule has 1 aliphatic rings. The normalized spacial score (nSPS) is 16.6. The molecule has 2 rings (SSSR count). The van der Waals surface area contributed by atoms with Crippen LogP contribution in [0.15, 0.2) is 29.3 Å². The monoisotopic (exact) mass is 448 g/mol. The molecule has 1 amide bonds. The van der Waals surface area contributed by atoms with Gasteiger partial charge in [-0.25, -0.2) is 4.79 Å². The second kappa shape index (κ2) is 14.0. The number of anilines is 1. The number of rotatable bonds is 11. The van der Waals surface area contributed by atoms with Crippen molar-refractivity contribution >= 4 is 17.7 Å². The molecule has 3 N–H and O–H groups in total. The first-order valence-corrected chi connectivity index (χ1v) is 11.7. The van der Waals surface area contributed by atoms with E-state index in [9.17, 15) is 4.79 Å². The van der Waals surface area contributed by atoms with Gasteiger partial charge in [0.05, 0.1) is 12.7 Å². The van der Waals surface area contributed by atoms with Gasteiger partial charge in [0, 0.05) is 38.5 Å². The van der Waals surface area contributed by atoms with Gasteiger partial charge in [-0.3, -0.25) is 10.3 Å². The maximum Gasteiger partial charge on any atom is 0.412 e. The Kier molecular flexibility index (Phi) is 11.3. The zero-order chi connectivity index (χ0) is 23.2. The van der Waals surface area contributed by atoms with E-state index in [4.69, 9.17) is 14.2 Å². The van der Waals surface area contributed by atoms with E-state index in [2.05, 4.69) is 27.9 Å². The van der Waals surface area contributed by atoms with Gasteiger partial charge >= 0.3 is 6.09 Å². The standard InChI is InChI=1S/C24H40N4O4/c1-5-25-22(26-14-7-16-30-18-21-8-6-17-31-21)27-15-13-19-9-11-20(12-10-19)28-23(29)32-24(2,3)4/h9-12,21H,5-8,13-18H2,1-4H3,(H,28,29)(H2,25,26,27). The van der Waals surface area contributed by atoms with Gasteiger partial charge in [0.15, 0.2) is 5.96 Å². The number of amides is 1. The molecular formula is C24H40N4O4. The van der Waals surface area contributed by atoms with Crippen LogP contribution in [0.1, 0.15) is 52.5 Å². The van der Waals surface area contributed by atoms with Crippen molar-refractivity contribution in [1.82, 2.24) is 10.6 Å². The number of nitrogens with zero attached hydrogens (tertiary/aromatic N) is 1. The Labute approximate surface area is 192 Å². The maximum absolute atomic E-state index is 11.8. The van der Waals surface area contributed by atoms with Crippen LogP contribution in [0.5, 0.6) is 0 Å². The highest BCUT2D eigenvalue weighted by molar-refractivity contribution is 5.84. The van der Waals surface area contributed by atoms with Gasteiger partial charge in [-0.05, 0) is 71.1 Å². The largest absolute Gasteiger partial charge is 0.444 e. The smallest absolute Gasteiger partial charge is 0.412 e. The molecule has 8 heteroatoms. The second-order valence-corrected chi connectivity index (χ2v) is 8.82. The van der Waals surface area contributed by atoms with Crippen LogP contribution in [0.25, 0.3) is 0 Å². The Morgan fingerprint density at radius 2 is 2.00 bits per heavy atom. The zero-order valence-corrected chi connectivity index (χ0v) is 20.0. The molecule has 1 heterocycles. The SMILES string of the molecule is CCNC(=NCCCOCC1CCCO1)NCCc1ccc(NC(=O)OC(C)(C)C)cc1. The summed E-state index contributed by atoms with van der Waals surface area (Å²) in [5.74, 6) is 0.815. The number of hydrogen-bond donors (Lipinski definition) is 3. The molecule has 1 aromatic rings. The number of nitrogens with one attached hydrogen (secondary N) is 3. The average Bonchev–Trinajstić information content (AvgIpc) is 3.24. The maximum atomic E-state index is 11.8. The van der Waals surface area contributed by atoms with Crippen LogP contribution in [-0.4, -0.2) is 63.2 Å². The molecule has 0 bridgehead atoms. The molecule has 1 saturated heterocycles. The van der Waals surface area contributed by atoms with Gasteiger partial charge in [-0.15, -0.1) is 0 Å². The minimum absolute atomic E-state index is 0.277. The lowest BCUT2D eigenvalue weighted by Crippen LogP contribution is -2.38. The van der Waals surface area contributed by atoms with Crippen molar-refractivity contribution in [2.45, 2.75) is 65.1 Å². The van der Waals surface area contributed by atoms with Crippen LogP contribution in [0, 0.1) is 0 Å². The molecular weight excluding hydrogens is 408 g/mol. The summed E-state index contributed by atoms with van der Waals surface area (Å²) in [7, 11) is 0. The van der Waals surface area contributed by atoms with E-state index in [-0.39, 0.29) is 6.10 Å². The van der Waals surface area contributed by atoms with Crippen LogP contribution >= 0.6 is 0 Å². The first-order chi connectivity index (χ1) is 15.4. The second-order valence-electron chi connectivity index (χ2n) is 8.82.